The summed E-state index contributed by atoms with van der Waals surface area (Å²) in [6.07, 6.45) is 7.78. The highest BCUT2D eigenvalue weighted by molar-refractivity contribution is 4.85. The van der Waals surface area contributed by atoms with Gasteiger partial charge in [0.1, 0.15) is 0 Å². The molecule has 0 aromatic heterocycles. The van der Waals surface area contributed by atoms with Crippen molar-refractivity contribution in [2.45, 2.75) is 71.4 Å². The minimum absolute atomic E-state index is 0.385. The van der Waals surface area contributed by atoms with Crippen LogP contribution < -0.4 is 5.32 Å². The van der Waals surface area contributed by atoms with Gasteiger partial charge in [-0.3, -0.25) is 0 Å². The number of nitrogens with one attached hydrogen (secondary N) is 1. The summed E-state index contributed by atoms with van der Waals surface area (Å²) in [7, 11) is 0. The fraction of sp³-hybridized carbons (Fsp3) is 1.00. The first kappa shape index (κ1) is 16.9. The van der Waals surface area contributed by atoms with Gasteiger partial charge in [-0.05, 0) is 44.6 Å². The first-order chi connectivity index (χ1) is 9.31. The second-order valence-electron chi connectivity index (χ2n) is 5.67. The van der Waals surface area contributed by atoms with Crippen LogP contribution in [0.4, 0.5) is 0 Å². The van der Waals surface area contributed by atoms with Gasteiger partial charge in [0.25, 0.3) is 0 Å². The Morgan fingerprint density at radius 2 is 1.84 bits per heavy atom. The predicted molar refractivity (Wildman–Crippen MR) is 80.6 cm³/mol. The van der Waals surface area contributed by atoms with Crippen LogP contribution in [0.5, 0.6) is 0 Å². The van der Waals surface area contributed by atoms with Crippen molar-refractivity contribution in [1.29, 1.82) is 0 Å². The maximum atomic E-state index is 6.08. The van der Waals surface area contributed by atoms with Crippen molar-refractivity contribution >= 4 is 0 Å². The zero-order valence-electron chi connectivity index (χ0n) is 13.1. The molecule has 1 fully saturated rings. The Labute approximate surface area is 119 Å². The summed E-state index contributed by atoms with van der Waals surface area (Å²) in [6, 6.07) is 0.550. The highest BCUT2D eigenvalue weighted by atomic mass is 16.5. The van der Waals surface area contributed by atoms with Crippen LogP contribution in [0, 0.1) is 5.92 Å². The Morgan fingerprint density at radius 3 is 2.53 bits per heavy atom. The molecular weight excluding hydrogens is 238 g/mol. The standard InChI is InChI=1S/C16H33NO2/c1-4-9-17-15-8-7-14(6-3)13-16(15)19-12-11-18-10-5-2/h14-17H,4-13H2,1-3H3. The summed E-state index contributed by atoms with van der Waals surface area (Å²) in [5, 5.41) is 3.65. The zero-order valence-corrected chi connectivity index (χ0v) is 13.1. The van der Waals surface area contributed by atoms with Crippen LogP contribution >= 0.6 is 0 Å². The van der Waals surface area contributed by atoms with E-state index in [1.54, 1.807) is 0 Å². The average Bonchev–Trinajstić information content (AvgIpc) is 2.45. The third-order valence-corrected chi connectivity index (χ3v) is 4.04. The van der Waals surface area contributed by atoms with Gasteiger partial charge >= 0.3 is 0 Å². The van der Waals surface area contributed by atoms with Gasteiger partial charge in [0.15, 0.2) is 0 Å². The zero-order chi connectivity index (χ0) is 13.9. The predicted octanol–water partition coefficient (Wildman–Crippen LogP) is 3.38. The van der Waals surface area contributed by atoms with E-state index in [2.05, 4.69) is 26.1 Å². The normalized spacial score (nSPS) is 27.6. The molecule has 0 spiro atoms. The van der Waals surface area contributed by atoms with Crippen LogP contribution in [0.3, 0.4) is 0 Å². The second-order valence-corrected chi connectivity index (χ2v) is 5.67. The molecule has 0 radical (unpaired) electrons. The van der Waals surface area contributed by atoms with E-state index < -0.39 is 0 Å². The number of rotatable bonds is 10. The summed E-state index contributed by atoms with van der Waals surface area (Å²) in [4.78, 5) is 0. The van der Waals surface area contributed by atoms with Gasteiger partial charge in [-0.15, -0.1) is 0 Å². The number of hydrogen-bond donors (Lipinski definition) is 1. The number of hydrogen-bond acceptors (Lipinski definition) is 3. The van der Waals surface area contributed by atoms with Crippen LogP contribution in [-0.4, -0.2) is 38.5 Å². The van der Waals surface area contributed by atoms with E-state index in [0.29, 0.717) is 12.1 Å². The lowest BCUT2D eigenvalue weighted by Crippen LogP contribution is -2.46. The molecule has 1 N–H and O–H groups in total. The topological polar surface area (TPSA) is 30.5 Å². The van der Waals surface area contributed by atoms with E-state index in [1.165, 1.54) is 32.1 Å². The first-order valence-corrected chi connectivity index (χ1v) is 8.24. The van der Waals surface area contributed by atoms with Gasteiger partial charge in [-0.2, -0.15) is 0 Å². The van der Waals surface area contributed by atoms with Gasteiger partial charge in [0.05, 0.1) is 19.3 Å². The highest BCUT2D eigenvalue weighted by Gasteiger charge is 2.29. The second kappa shape index (κ2) is 10.6. The van der Waals surface area contributed by atoms with Crippen LogP contribution in [0.1, 0.15) is 59.3 Å². The van der Waals surface area contributed by atoms with Crippen molar-refractivity contribution in [3.63, 3.8) is 0 Å². The van der Waals surface area contributed by atoms with Crippen molar-refractivity contribution in [3.05, 3.63) is 0 Å². The minimum atomic E-state index is 0.385. The Hall–Kier alpha value is -0.120. The van der Waals surface area contributed by atoms with Crippen LogP contribution in [0.25, 0.3) is 0 Å². The molecule has 3 atom stereocenters. The molecule has 1 rings (SSSR count). The molecule has 3 heteroatoms. The molecule has 0 bridgehead atoms. The Morgan fingerprint density at radius 1 is 1.00 bits per heavy atom. The Balaban J connectivity index is 2.28. The molecule has 1 saturated carbocycles. The van der Waals surface area contributed by atoms with Crippen LogP contribution in [0.2, 0.25) is 0 Å². The molecule has 3 unspecified atom stereocenters. The molecule has 0 heterocycles. The monoisotopic (exact) mass is 271 g/mol. The molecule has 19 heavy (non-hydrogen) atoms. The van der Waals surface area contributed by atoms with Crippen LogP contribution in [-0.2, 0) is 9.47 Å². The number of ether oxygens (including phenoxy) is 2. The molecule has 0 aliphatic heterocycles. The van der Waals surface area contributed by atoms with Gasteiger partial charge in [-0.25, -0.2) is 0 Å². The lowest BCUT2D eigenvalue weighted by molar-refractivity contribution is -0.0362. The van der Waals surface area contributed by atoms with E-state index in [0.717, 1.165) is 38.7 Å². The van der Waals surface area contributed by atoms with E-state index in [-0.39, 0.29) is 0 Å². The molecule has 3 nitrogen and oxygen atoms in total. The quantitative estimate of drug-likeness (QED) is 0.618. The summed E-state index contributed by atoms with van der Waals surface area (Å²) in [6.45, 7) is 10.1. The third-order valence-electron chi connectivity index (χ3n) is 4.04. The average molecular weight is 271 g/mol. The molecular formula is C16H33NO2. The molecule has 0 aromatic rings. The molecule has 0 aromatic carbocycles. The molecule has 0 saturated heterocycles. The van der Waals surface area contributed by atoms with Gasteiger partial charge in [-0.1, -0.05) is 27.2 Å². The minimum Gasteiger partial charge on any atom is -0.379 e. The van der Waals surface area contributed by atoms with Crippen molar-refractivity contribution in [2.24, 2.45) is 5.92 Å². The van der Waals surface area contributed by atoms with Crippen molar-refractivity contribution in [2.75, 3.05) is 26.4 Å². The molecule has 1 aliphatic rings. The van der Waals surface area contributed by atoms with Crippen molar-refractivity contribution in [3.8, 4) is 0 Å². The maximum Gasteiger partial charge on any atom is 0.0731 e. The summed E-state index contributed by atoms with van der Waals surface area (Å²) >= 11 is 0. The smallest absolute Gasteiger partial charge is 0.0731 e. The third kappa shape index (κ3) is 6.73. The Kier molecular flexibility index (Phi) is 9.48. The van der Waals surface area contributed by atoms with Crippen molar-refractivity contribution < 1.29 is 9.47 Å². The van der Waals surface area contributed by atoms with E-state index in [1.807, 2.05) is 0 Å². The van der Waals surface area contributed by atoms with E-state index in [9.17, 15) is 0 Å². The fourth-order valence-corrected chi connectivity index (χ4v) is 2.83. The lowest BCUT2D eigenvalue weighted by atomic mass is 9.82. The van der Waals surface area contributed by atoms with Crippen molar-refractivity contribution in [1.82, 2.24) is 5.32 Å². The van der Waals surface area contributed by atoms with E-state index >= 15 is 0 Å². The first-order valence-electron chi connectivity index (χ1n) is 8.24. The molecule has 1 aliphatic carbocycles. The fourth-order valence-electron chi connectivity index (χ4n) is 2.83. The van der Waals surface area contributed by atoms with Gasteiger partial charge < -0.3 is 14.8 Å². The SMILES string of the molecule is CCCNC1CCC(CC)CC1OCCOCCC. The molecule has 0 amide bonds. The molecule has 114 valence electrons. The van der Waals surface area contributed by atoms with Gasteiger partial charge in [0.2, 0.25) is 0 Å². The largest absolute Gasteiger partial charge is 0.379 e. The van der Waals surface area contributed by atoms with Crippen LogP contribution in [0.15, 0.2) is 0 Å². The maximum absolute atomic E-state index is 6.08. The Bertz CT molecular complexity index is 211. The lowest BCUT2D eigenvalue weighted by Gasteiger charge is -2.36. The summed E-state index contributed by atoms with van der Waals surface area (Å²) in [5.74, 6) is 0.848. The summed E-state index contributed by atoms with van der Waals surface area (Å²) < 4.78 is 11.6. The summed E-state index contributed by atoms with van der Waals surface area (Å²) in [5.41, 5.74) is 0. The van der Waals surface area contributed by atoms with E-state index in [4.69, 9.17) is 9.47 Å². The van der Waals surface area contributed by atoms with Gasteiger partial charge in [0, 0.05) is 12.6 Å². The highest BCUT2D eigenvalue weighted by Crippen LogP contribution is 2.28.